The van der Waals surface area contributed by atoms with Gasteiger partial charge in [-0.25, -0.2) is 0 Å². The lowest BCUT2D eigenvalue weighted by Gasteiger charge is -2.53. The highest BCUT2D eigenvalue weighted by molar-refractivity contribution is 14.1. The smallest absolute Gasteiger partial charge is 0.110 e. The van der Waals surface area contributed by atoms with Crippen molar-refractivity contribution in [3.63, 3.8) is 0 Å². The molecule has 0 spiro atoms. The van der Waals surface area contributed by atoms with Gasteiger partial charge in [-0.05, 0) is 104 Å². The first-order valence-corrected chi connectivity index (χ1v) is 13.3. The van der Waals surface area contributed by atoms with Gasteiger partial charge >= 0.3 is 0 Å². The number of rotatable bonds is 6. The van der Waals surface area contributed by atoms with Crippen LogP contribution in [-0.4, -0.2) is 6.10 Å². The Morgan fingerprint density at radius 2 is 1.93 bits per heavy atom. The molecule has 7 unspecified atom stereocenters. The number of hydrogen-bond acceptors (Lipinski definition) is 1. The topological polar surface area (TPSA) is 9.23 Å². The largest absolute Gasteiger partial charge is 0.308 e. The van der Waals surface area contributed by atoms with Gasteiger partial charge in [0.25, 0.3) is 0 Å². The SMILES string of the molecule is CC(C)CCCCC1CCC2C3CC(OI)C4=C(CCC(C)C4)C3CCC12C. The summed E-state index contributed by atoms with van der Waals surface area (Å²) in [5, 5.41) is 0. The maximum atomic E-state index is 6.08. The van der Waals surface area contributed by atoms with Gasteiger partial charge in [0.05, 0.1) is 6.10 Å². The summed E-state index contributed by atoms with van der Waals surface area (Å²) in [4.78, 5) is 0. The third-order valence-corrected chi connectivity index (χ3v) is 10.1. The van der Waals surface area contributed by atoms with Crippen molar-refractivity contribution >= 4 is 23.0 Å². The fraction of sp³-hybridized carbons (Fsp3) is 0.923. The molecular weight excluding hydrogens is 455 g/mol. The molecule has 1 nitrogen and oxygen atoms in total. The predicted molar refractivity (Wildman–Crippen MR) is 127 cm³/mol. The van der Waals surface area contributed by atoms with Crippen molar-refractivity contribution in [1.82, 2.24) is 0 Å². The van der Waals surface area contributed by atoms with Crippen LogP contribution in [0.2, 0.25) is 0 Å². The van der Waals surface area contributed by atoms with Crippen LogP contribution in [0.5, 0.6) is 0 Å². The molecule has 7 atom stereocenters. The van der Waals surface area contributed by atoms with Crippen LogP contribution in [0.15, 0.2) is 11.1 Å². The number of fused-ring (bicyclic) bond motifs is 4. The number of allylic oxidation sites excluding steroid dienone is 1. The molecule has 0 saturated heterocycles. The summed E-state index contributed by atoms with van der Waals surface area (Å²) in [5.41, 5.74) is 4.23. The zero-order valence-electron chi connectivity index (χ0n) is 18.8. The second kappa shape index (κ2) is 8.89. The van der Waals surface area contributed by atoms with Gasteiger partial charge in [0.2, 0.25) is 0 Å². The lowest BCUT2D eigenvalue weighted by atomic mass is 9.52. The Morgan fingerprint density at radius 3 is 2.68 bits per heavy atom. The molecule has 0 aromatic carbocycles. The normalized spacial score (nSPS) is 43.1. The minimum atomic E-state index is 0.423. The Hall–Kier alpha value is 0.430. The second-order valence-corrected chi connectivity index (χ2v) is 12.1. The van der Waals surface area contributed by atoms with Gasteiger partial charge in [-0.1, -0.05) is 52.5 Å². The number of hydrogen-bond donors (Lipinski definition) is 0. The van der Waals surface area contributed by atoms with Crippen LogP contribution in [0, 0.1) is 40.9 Å². The molecule has 2 saturated carbocycles. The van der Waals surface area contributed by atoms with Crippen molar-refractivity contribution in [2.75, 3.05) is 0 Å². The summed E-state index contributed by atoms with van der Waals surface area (Å²) in [6.07, 6.45) is 17.6. The van der Waals surface area contributed by atoms with E-state index in [1.807, 2.05) is 5.57 Å². The molecular formula is C26H43IO. The van der Waals surface area contributed by atoms with E-state index in [1.165, 1.54) is 77.0 Å². The summed E-state index contributed by atoms with van der Waals surface area (Å²) in [5.74, 6) is 5.50. The first-order valence-electron chi connectivity index (χ1n) is 12.4. The number of unbranched alkanes of at least 4 members (excludes halogenated alkanes) is 1. The van der Waals surface area contributed by atoms with E-state index >= 15 is 0 Å². The molecule has 2 fully saturated rings. The molecule has 2 heteroatoms. The zero-order chi connectivity index (χ0) is 19.9. The van der Waals surface area contributed by atoms with E-state index in [0.29, 0.717) is 11.5 Å². The van der Waals surface area contributed by atoms with Gasteiger partial charge in [-0.15, -0.1) is 0 Å². The van der Waals surface area contributed by atoms with Gasteiger partial charge < -0.3 is 3.07 Å². The molecule has 160 valence electrons. The highest BCUT2D eigenvalue weighted by atomic mass is 127. The Morgan fingerprint density at radius 1 is 1.11 bits per heavy atom. The highest BCUT2D eigenvalue weighted by Crippen LogP contribution is 2.64. The zero-order valence-corrected chi connectivity index (χ0v) is 21.0. The Bertz CT molecular complexity index is 581. The summed E-state index contributed by atoms with van der Waals surface area (Å²) in [7, 11) is 0. The average molecular weight is 499 g/mol. The molecule has 0 aliphatic heterocycles. The standard InChI is InChI=1S/C26H43IO/c1-17(2)7-5-6-8-19-10-12-24-22-16-25(28-27)23-15-18(3)9-11-20(23)21(22)13-14-26(19,24)4/h17-19,21-22,24-25H,5-16H2,1-4H3. The predicted octanol–water partition coefficient (Wildman–Crippen LogP) is 8.52. The van der Waals surface area contributed by atoms with Crippen molar-refractivity contribution in [3.05, 3.63) is 11.1 Å². The molecule has 0 heterocycles. The molecule has 0 radical (unpaired) electrons. The molecule has 0 aromatic rings. The van der Waals surface area contributed by atoms with Gasteiger partial charge in [-0.2, -0.15) is 0 Å². The third-order valence-electron chi connectivity index (χ3n) is 9.53. The lowest BCUT2D eigenvalue weighted by molar-refractivity contribution is -0.00397. The van der Waals surface area contributed by atoms with E-state index in [0.717, 1.165) is 35.5 Å². The minimum absolute atomic E-state index is 0.423. The minimum Gasteiger partial charge on any atom is -0.308 e. The maximum Gasteiger partial charge on any atom is 0.110 e. The molecule has 28 heavy (non-hydrogen) atoms. The first kappa shape index (κ1) is 21.7. The number of halogens is 1. The summed E-state index contributed by atoms with van der Waals surface area (Å²) in [6, 6.07) is 0. The van der Waals surface area contributed by atoms with Crippen molar-refractivity contribution in [2.45, 2.75) is 111 Å². The first-order chi connectivity index (χ1) is 13.4. The van der Waals surface area contributed by atoms with E-state index in [9.17, 15) is 0 Å². The molecule has 0 bridgehead atoms. The summed E-state index contributed by atoms with van der Waals surface area (Å²) < 4.78 is 6.08. The molecule has 0 aromatic heterocycles. The van der Waals surface area contributed by atoms with Crippen molar-refractivity contribution < 1.29 is 3.07 Å². The molecule has 4 aliphatic carbocycles. The van der Waals surface area contributed by atoms with E-state index in [4.69, 9.17) is 3.07 Å². The van der Waals surface area contributed by atoms with E-state index in [1.54, 1.807) is 5.57 Å². The van der Waals surface area contributed by atoms with E-state index in [2.05, 4.69) is 50.7 Å². The molecule has 4 rings (SSSR count). The van der Waals surface area contributed by atoms with Gasteiger partial charge in [-0.3, -0.25) is 0 Å². The molecule has 4 aliphatic rings. The highest BCUT2D eigenvalue weighted by Gasteiger charge is 2.55. The Kier molecular flexibility index (Phi) is 6.87. The summed E-state index contributed by atoms with van der Waals surface area (Å²) >= 11 is 2.21. The Labute approximate surface area is 188 Å². The van der Waals surface area contributed by atoms with Crippen LogP contribution >= 0.6 is 23.0 Å². The van der Waals surface area contributed by atoms with Crippen LogP contribution in [0.4, 0.5) is 0 Å². The monoisotopic (exact) mass is 498 g/mol. The fourth-order valence-corrected chi connectivity index (χ4v) is 8.50. The summed E-state index contributed by atoms with van der Waals surface area (Å²) in [6.45, 7) is 9.88. The van der Waals surface area contributed by atoms with Crippen molar-refractivity contribution in [1.29, 1.82) is 0 Å². The van der Waals surface area contributed by atoms with Crippen LogP contribution < -0.4 is 0 Å². The van der Waals surface area contributed by atoms with Crippen molar-refractivity contribution in [2.24, 2.45) is 40.9 Å². The Balaban J connectivity index is 1.48. The van der Waals surface area contributed by atoms with Gasteiger partial charge in [0, 0.05) is 0 Å². The van der Waals surface area contributed by atoms with E-state index in [-0.39, 0.29) is 0 Å². The maximum absolute atomic E-state index is 6.08. The molecule has 0 N–H and O–H groups in total. The van der Waals surface area contributed by atoms with Crippen LogP contribution in [-0.2, 0) is 3.07 Å². The van der Waals surface area contributed by atoms with Crippen LogP contribution in [0.25, 0.3) is 0 Å². The van der Waals surface area contributed by atoms with Crippen LogP contribution in [0.1, 0.15) is 105 Å². The van der Waals surface area contributed by atoms with Crippen LogP contribution in [0.3, 0.4) is 0 Å². The average Bonchev–Trinajstić information content (AvgIpc) is 3.00. The third kappa shape index (κ3) is 3.99. The van der Waals surface area contributed by atoms with E-state index < -0.39 is 0 Å². The second-order valence-electron chi connectivity index (χ2n) is 11.6. The lowest BCUT2D eigenvalue weighted by Crippen LogP contribution is -2.46. The van der Waals surface area contributed by atoms with Crippen molar-refractivity contribution in [3.8, 4) is 0 Å². The molecule has 0 amide bonds. The quantitative estimate of drug-likeness (QED) is 0.203. The van der Waals surface area contributed by atoms with Gasteiger partial charge in [0.1, 0.15) is 23.0 Å². The van der Waals surface area contributed by atoms with Gasteiger partial charge in [0.15, 0.2) is 0 Å². The fourth-order valence-electron chi connectivity index (χ4n) is 7.99.